The molecule has 4 heteroatoms. The number of carbonyl (C=O) groups excluding carboxylic acids is 1. The molecule has 106 valence electrons. The molecule has 2 heterocycles. The maximum Gasteiger partial charge on any atom is 0.152 e. The summed E-state index contributed by atoms with van der Waals surface area (Å²) in [5.74, 6) is 0.742. The lowest BCUT2D eigenvalue weighted by molar-refractivity contribution is 0.112. The molecule has 0 N–H and O–H groups in total. The van der Waals surface area contributed by atoms with Crippen LogP contribution in [0.4, 0.5) is 0 Å². The third-order valence-corrected chi connectivity index (χ3v) is 3.47. The van der Waals surface area contributed by atoms with Gasteiger partial charge in [-0.15, -0.1) is 0 Å². The molecule has 0 aliphatic rings. The second-order valence-corrected chi connectivity index (χ2v) is 4.88. The predicted molar refractivity (Wildman–Crippen MR) is 81.7 cm³/mol. The first kappa shape index (κ1) is 13.4. The first-order valence-electron chi connectivity index (χ1n) is 6.85. The smallest absolute Gasteiger partial charge is 0.152 e. The van der Waals surface area contributed by atoms with E-state index < -0.39 is 0 Å². The van der Waals surface area contributed by atoms with E-state index in [-0.39, 0.29) is 0 Å². The third-order valence-electron chi connectivity index (χ3n) is 3.47. The maximum absolute atomic E-state index is 11.2. The fraction of sp³-hybridized carbons (Fsp3) is 0.176. The van der Waals surface area contributed by atoms with Gasteiger partial charge in [0.15, 0.2) is 6.29 Å². The van der Waals surface area contributed by atoms with Crippen LogP contribution in [-0.2, 0) is 13.5 Å². The van der Waals surface area contributed by atoms with Gasteiger partial charge in [0.25, 0.3) is 0 Å². The Labute approximate surface area is 123 Å². The summed E-state index contributed by atoms with van der Waals surface area (Å²) < 4.78 is 7.80. The summed E-state index contributed by atoms with van der Waals surface area (Å²) in [5.41, 5.74) is 2.64. The van der Waals surface area contributed by atoms with E-state index in [0.717, 1.165) is 35.1 Å². The van der Waals surface area contributed by atoms with E-state index in [1.54, 1.807) is 6.20 Å². The van der Waals surface area contributed by atoms with Crippen molar-refractivity contribution in [3.8, 4) is 5.75 Å². The molecule has 0 saturated carbocycles. The second-order valence-electron chi connectivity index (χ2n) is 4.88. The van der Waals surface area contributed by atoms with E-state index in [4.69, 9.17) is 4.74 Å². The number of aryl methyl sites for hydroxylation is 1. The van der Waals surface area contributed by atoms with Gasteiger partial charge in [-0.05, 0) is 24.3 Å². The van der Waals surface area contributed by atoms with Gasteiger partial charge in [0.2, 0.25) is 0 Å². The first-order chi connectivity index (χ1) is 10.3. The summed E-state index contributed by atoms with van der Waals surface area (Å²) >= 11 is 0. The number of nitrogens with zero attached hydrogens (tertiary/aromatic N) is 2. The monoisotopic (exact) mass is 280 g/mol. The molecule has 0 radical (unpaired) electrons. The Morgan fingerprint density at radius 2 is 2.14 bits per heavy atom. The molecule has 0 aliphatic carbocycles. The summed E-state index contributed by atoms with van der Waals surface area (Å²) in [6.07, 6.45) is 5.20. The van der Waals surface area contributed by atoms with E-state index >= 15 is 0 Å². The number of aromatic nitrogens is 2. The van der Waals surface area contributed by atoms with Crippen molar-refractivity contribution in [3.05, 3.63) is 60.0 Å². The van der Waals surface area contributed by atoms with Crippen LogP contribution in [0.15, 0.2) is 48.8 Å². The Hall–Kier alpha value is -2.62. The molecule has 2 aromatic heterocycles. The van der Waals surface area contributed by atoms with Gasteiger partial charge < -0.3 is 9.30 Å². The third kappa shape index (κ3) is 2.65. The SMILES string of the molecule is Cn1cc(C=O)c2c(OCCc3ccccn3)cccc21. The van der Waals surface area contributed by atoms with Crippen LogP contribution in [0, 0.1) is 0 Å². The van der Waals surface area contributed by atoms with Gasteiger partial charge in [-0.2, -0.15) is 0 Å². The van der Waals surface area contributed by atoms with Crippen LogP contribution in [0.5, 0.6) is 5.75 Å². The second kappa shape index (κ2) is 5.79. The summed E-state index contributed by atoms with van der Waals surface area (Å²) in [4.78, 5) is 15.5. The zero-order valence-electron chi connectivity index (χ0n) is 11.8. The van der Waals surface area contributed by atoms with Crippen LogP contribution >= 0.6 is 0 Å². The number of rotatable bonds is 5. The summed E-state index contributed by atoms with van der Waals surface area (Å²) in [7, 11) is 1.92. The highest BCUT2D eigenvalue weighted by Crippen LogP contribution is 2.29. The zero-order chi connectivity index (χ0) is 14.7. The van der Waals surface area contributed by atoms with E-state index in [1.165, 1.54) is 0 Å². The largest absolute Gasteiger partial charge is 0.492 e. The van der Waals surface area contributed by atoms with Crippen LogP contribution in [0.2, 0.25) is 0 Å². The normalized spacial score (nSPS) is 10.7. The summed E-state index contributed by atoms with van der Waals surface area (Å²) in [6.45, 7) is 0.531. The molecule has 1 aromatic carbocycles. The summed E-state index contributed by atoms with van der Waals surface area (Å²) in [6, 6.07) is 11.6. The van der Waals surface area contributed by atoms with Crippen molar-refractivity contribution in [2.45, 2.75) is 6.42 Å². The van der Waals surface area contributed by atoms with Gasteiger partial charge in [-0.3, -0.25) is 9.78 Å². The first-order valence-corrected chi connectivity index (χ1v) is 6.85. The highest BCUT2D eigenvalue weighted by molar-refractivity contribution is 6.01. The quantitative estimate of drug-likeness (QED) is 0.675. The van der Waals surface area contributed by atoms with Gasteiger partial charge >= 0.3 is 0 Å². The van der Waals surface area contributed by atoms with Gasteiger partial charge in [0.05, 0.1) is 17.5 Å². The van der Waals surface area contributed by atoms with Gasteiger partial charge in [0, 0.05) is 37.1 Å². The van der Waals surface area contributed by atoms with Crippen molar-refractivity contribution in [1.29, 1.82) is 0 Å². The minimum Gasteiger partial charge on any atom is -0.492 e. The van der Waals surface area contributed by atoms with Crippen LogP contribution in [0.3, 0.4) is 0 Å². The van der Waals surface area contributed by atoms with Crippen molar-refractivity contribution in [3.63, 3.8) is 0 Å². The van der Waals surface area contributed by atoms with Crippen molar-refractivity contribution in [1.82, 2.24) is 9.55 Å². The number of pyridine rings is 1. The maximum atomic E-state index is 11.2. The molecule has 4 nitrogen and oxygen atoms in total. The standard InChI is InChI=1S/C17H16N2O2/c1-19-11-13(12-20)17-15(19)6-4-7-16(17)21-10-8-14-5-2-3-9-18-14/h2-7,9,11-12H,8,10H2,1H3. The fourth-order valence-electron chi connectivity index (χ4n) is 2.47. The molecule has 0 spiro atoms. The number of aldehydes is 1. The molecular formula is C17H16N2O2. The van der Waals surface area contributed by atoms with Gasteiger partial charge in [-0.1, -0.05) is 12.1 Å². The van der Waals surface area contributed by atoms with E-state index in [0.29, 0.717) is 12.2 Å². The lowest BCUT2D eigenvalue weighted by atomic mass is 10.1. The molecule has 3 aromatic rings. The molecule has 0 amide bonds. The van der Waals surface area contributed by atoms with E-state index in [9.17, 15) is 4.79 Å². The number of hydrogen-bond donors (Lipinski definition) is 0. The average molecular weight is 280 g/mol. The predicted octanol–water partition coefficient (Wildman–Crippen LogP) is 3.01. The van der Waals surface area contributed by atoms with Crippen molar-refractivity contribution in [2.75, 3.05) is 6.61 Å². The molecule has 0 unspecified atom stereocenters. The van der Waals surface area contributed by atoms with Crippen LogP contribution in [0.1, 0.15) is 16.1 Å². The Kier molecular flexibility index (Phi) is 3.69. The molecule has 0 saturated heterocycles. The van der Waals surface area contributed by atoms with Crippen molar-refractivity contribution in [2.24, 2.45) is 7.05 Å². The fourth-order valence-corrected chi connectivity index (χ4v) is 2.47. The minimum atomic E-state index is 0.531. The van der Waals surface area contributed by atoms with E-state index in [2.05, 4.69) is 4.98 Å². The molecule has 0 bridgehead atoms. The number of hydrogen-bond acceptors (Lipinski definition) is 3. The number of carbonyl (C=O) groups is 1. The van der Waals surface area contributed by atoms with Gasteiger partial charge in [-0.25, -0.2) is 0 Å². The Morgan fingerprint density at radius 1 is 1.24 bits per heavy atom. The Morgan fingerprint density at radius 3 is 2.90 bits per heavy atom. The molecule has 0 fully saturated rings. The van der Waals surface area contributed by atoms with Crippen LogP contribution < -0.4 is 4.74 Å². The number of fused-ring (bicyclic) bond motifs is 1. The lowest BCUT2D eigenvalue weighted by Gasteiger charge is -2.08. The Bertz CT molecular complexity index is 763. The topological polar surface area (TPSA) is 44.1 Å². The average Bonchev–Trinajstić information content (AvgIpc) is 2.86. The van der Waals surface area contributed by atoms with Gasteiger partial charge in [0.1, 0.15) is 5.75 Å². The highest BCUT2D eigenvalue weighted by Gasteiger charge is 2.11. The molecule has 0 atom stereocenters. The molecule has 21 heavy (non-hydrogen) atoms. The van der Waals surface area contributed by atoms with Crippen LogP contribution in [-0.4, -0.2) is 22.4 Å². The molecule has 3 rings (SSSR count). The number of ether oxygens (including phenoxy) is 1. The molecular weight excluding hydrogens is 264 g/mol. The van der Waals surface area contributed by atoms with E-state index in [1.807, 2.05) is 54.2 Å². The lowest BCUT2D eigenvalue weighted by Crippen LogP contribution is -2.03. The van der Waals surface area contributed by atoms with Crippen molar-refractivity contribution >= 4 is 17.2 Å². The minimum absolute atomic E-state index is 0.531. The molecule has 0 aliphatic heterocycles. The van der Waals surface area contributed by atoms with Crippen molar-refractivity contribution < 1.29 is 9.53 Å². The summed E-state index contributed by atoms with van der Waals surface area (Å²) in [5, 5.41) is 0.871. The Balaban J connectivity index is 1.82. The number of benzene rings is 1. The van der Waals surface area contributed by atoms with Crippen LogP contribution in [0.25, 0.3) is 10.9 Å². The zero-order valence-corrected chi connectivity index (χ0v) is 11.8. The highest BCUT2D eigenvalue weighted by atomic mass is 16.5.